The predicted molar refractivity (Wildman–Crippen MR) is 135 cm³/mol. The van der Waals surface area contributed by atoms with E-state index < -0.39 is 22.9 Å². The Labute approximate surface area is 208 Å². The largest absolute Gasteiger partial charge is 0.505 e. The molecule has 0 radical (unpaired) electrons. The van der Waals surface area contributed by atoms with E-state index in [4.69, 9.17) is 9.15 Å². The molecule has 0 aliphatic rings. The zero-order valence-corrected chi connectivity index (χ0v) is 19.8. The van der Waals surface area contributed by atoms with Crippen LogP contribution in [0.25, 0.3) is 27.6 Å². The number of aromatic hydroxyl groups is 1. The highest BCUT2D eigenvalue weighted by molar-refractivity contribution is 7.99. The third-order valence-electron chi connectivity index (χ3n) is 5.51. The topological polar surface area (TPSA) is 108 Å². The van der Waals surface area contributed by atoms with Gasteiger partial charge in [0.2, 0.25) is 0 Å². The van der Waals surface area contributed by atoms with Crippen molar-refractivity contribution >= 4 is 39.6 Å². The van der Waals surface area contributed by atoms with Crippen molar-refractivity contribution in [3.05, 3.63) is 99.6 Å². The molecular formula is C27H19NO7S. The van der Waals surface area contributed by atoms with Crippen molar-refractivity contribution in [1.82, 2.24) is 4.57 Å². The number of nitrogens with zero attached hydrogens (tertiary/aromatic N) is 1. The number of pyridine rings is 1. The monoisotopic (exact) mass is 501 g/mol. The molecule has 0 saturated heterocycles. The van der Waals surface area contributed by atoms with Crippen LogP contribution in [0.2, 0.25) is 0 Å². The number of carbonyl (C=O) groups is 1. The van der Waals surface area contributed by atoms with Gasteiger partial charge in [-0.2, -0.15) is 0 Å². The van der Waals surface area contributed by atoms with E-state index in [-0.39, 0.29) is 22.5 Å². The van der Waals surface area contributed by atoms with Gasteiger partial charge in [0, 0.05) is 16.0 Å². The summed E-state index contributed by atoms with van der Waals surface area (Å²) in [5, 5.41) is 11.6. The lowest BCUT2D eigenvalue weighted by molar-refractivity contribution is -0.142. The predicted octanol–water partition coefficient (Wildman–Crippen LogP) is 4.51. The Kier molecular flexibility index (Phi) is 6.22. The molecule has 1 N–H and O–H groups in total. The van der Waals surface area contributed by atoms with Crippen LogP contribution in [-0.2, 0) is 9.53 Å². The molecule has 0 aliphatic heterocycles. The first-order valence-electron chi connectivity index (χ1n) is 10.8. The number of fused-ring (bicyclic) bond motifs is 3. The van der Waals surface area contributed by atoms with Crippen molar-refractivity contribution in [2.24, 2.45) is 0 Å². The average Bonchev–Trinajstić information content (AvgIpc) is 2.90. The fourth-order valence-corrected chi connectivity index (χ4v) is 4.66. The quantitative estimate of drug-likeness (QED) is 0.268. The highest BCUT2D eigenvalue weighted by atomic mass is 32.2. The molecular weight excluding hydrogens is 482 g/mol. The first kappa shape index (κ1) is 23.3. The average molecular weight is 502 g/mol. The normalized spacial score (nSPS) is 11.0. The third-order valence-corrected chi connectivity index (χ3v) is 6.58. The Hall–Kier alpha value is -4.50. The molecule has 0 spiro atoms. The zero-order valence-electron chi connectivity index (χ0n) is 19.0. The molecule has 0 amide bonds. The van der Waals surface area contributed by atoms with E-state index in [0.29, 0.717) is 27.2 Å². The van der Waals surface area contributed by atoms with Crippen LogP contribution in [-0.4, -0.2) is 29.4 Å². The lowest BCUT2D eigenvalue weighted by Gasteiger charge is -2.14. The van der Waals surface area contributed by atoms with E-state index in [2.05, 4.69) is 4.74 Å². The number of methoxy groups -OCH3 is 1. The molecule has 0 unspecified atom stereocenters. The maximum Gasteiger partial charge on any atom is 0.354 e. The number of aromatic nitrogens is 1. The van der Waals surface area contributed by atoms with Crippen LogP contribution in [0.4, 0.5) is 0 Å². The van der Waals surface area contributed by atoms with Crippen LogP contribution in [0.1, 0.15) is 0 Å². The lowest BCUT2D eigenvalue weighted by Crippen LogP contribution is -2.20. The van der Waals surface area contributed by atoms with E-state index in [9.17, 15) is 19.5 Å². The van der Waals surface area contributed by atoms with Crippen LogP contribution < -0.4 is 15.9 Å². The fourth-order valence-electron chi connectivity index (χ4n) is 3.82. The SMILES string of the molecule is COC(=O)COc1ccc(Sc2c(O)c3c(=O)n(-c4ccccc4)c4ccccc4c3oc2=O)cc1. The summed E-state index contributed by atoms with van der Waals surface area (Å²) in [6, 6.07) is 22.6. The van der Waals surface area contributed by atoms with E-state index in [1.165, 1.54) is 11.7 Å². The Morgan fingerprint density at radius 1 is 0.972 bits per heavy atom. The fraction of sp³-hybridized carbons (Fsp3) is 0.0741. The lowest BCUT2D eigenvalue weighted by atomic mass is 10.1. The molecule has 8 nitrogen and oxygen atoms in total. The molecule has 0 fully saturated rings. The van der Waals surface area contributed by atoms with Gasteiger partial charge in [-0.05, 0) is 48.5 Å². The number of rotatable bonds is 6. The molecule has 36 heavy (non-hydrogen) atoms. The number of para-hydroxylation sites is 2. The Balaban J connectivity index is 1.62. The van der Waals surface area contributed by atoms with Crippen LogP contribution in [0.5, 0.6) is 11.5 Å². The van der Waals surface area contributed by atoms with Crippen molar-refractivity contribution < 1.29 is 23.8 Å². The first-order valence-corrected chi connectivity index (χ1v) is 11.7. The summed E-state index contributed by atoms with van der Waals surface area (Å²) in [4.78, 5) is 38.3. The third kappa shape index (κ3) is 4.20. The smallest absolute Gasteiger partial charge is 0.354 e. The molecule has 3 aromatic carbocycles. The van der Waals surface area contributed by atoms with Gasteiger partial charge in [-0.3, -0.25) is 9.36 Å². The molecule has 5 aromatic rings. The summed E-state index contributed by atoms with van der Waals surface area (Å²) in [7, 11) is 1.27. The van der Waals surface area contributed by atoms with Gasteiger partial charge in [-0.1, -0.05) is 42.1 Å². The van der Waals surface area contributed by atoms with E-state index in [1.807, 2.05) is 18.2 Å². The van der Waals surface area contributed by atoms with E-state index in [1.54, 1.807) is 60.7 Å². The molecule has 0 atom stereocenters. The second-order valence-electron chi connectivity index (χ2n) is 7.70. The summed E-state index contributed by atoms with van der Waals surface area (Å²) < 4.78 is 17.0. The van der Waals surface area contributed by atoms with Gasteiger partial charge in [0.1, 0.15) is 16.0 Å². The number of benzene rings is 3. The molecule has 0 saturated carbocycles. The summed E-state index contributed by atoms with van der Waals surface area (Å²) in [6.07, 6.45) is 0. The Morgan fingerprint density at radius 3 is 2.39 bits per heavy atom. The standard InChI is InChI=1S/C27H19NO7S/c1-33-21(29)15-34-17-11-13-18(14-12-17)36-25-23(30)22-24(35-27(25)32)19-9-5-6-10-20(19)28(26(22)31)16-7-3-2-4-8-16/h2-14,30H,15H2,1H3. The van der Waals surface area contributed by atoms with Crippen molar-refractivity contribution in [1.29, 1.82) is 0 Å². The minimum Gasteiger partial charge on any atom is -0.505 e. The van der Waals surface area contributed by atoms with Crippen molar-refractivity contribution in [3.63, 3.8) is 0 Å². The number of esters is 1. The van der Waals surface area contributed by atoms with Crippen molar-refractivity contribution in [2.45, 2.75) is 9.79 Å². The molecule has 2 heterocycles. The zero-order chi connectivity index (χ0) is 25.2. The number of hydrogen-bond acceptors (Lipinski definition) is 8. The van der Waals surface area contributed by atoms with Crippen LogP contribution in [0.15, 0.2) is 103 Å². The van der Waals surface area contributed by atoms with Gasteiger partial charge in [0.05, 0.1) is 12.6 Å². The molecule has 9 heteroatoms. The Morgan fingerprint density at radius 2 is 1.67 bits per heavy atom. The van der Waals surface area contributed by atoms with E-state index >= 15 is 0 Å². The molecule has 180 valence electrons. The van der Waals surface area contributed by atoms with Gasteiger partial charge in [-0.25, -0.2) is 9.59 Å². The van der Waals surface area contributed by atoms with Gasteiger partial charge >= 0.3 is 11.6 Å². The summed E-state index contributed by atoms with van der Waals surface area (Å²) >= 11 is 0.957. The molecule has 0 bridgehead atoms. The minimum absolute atomic E-state index is 0.0289. The number of carbonyl (C=O) groups excluding carboxylic acids is 1. The highest BCUT2D eigenvalue weighted by Gasteiger charge is 2.22. The number of hydrogen-bond donors (Lipinski definition) is 1. The summed E-state index contributed by atoms with van der Waals surface area (Å²) in [5.74, 6) is -0.532. The maximum absolute atomic E-state index is 13.7. The molecule has 2 aromatic heterocycles. The van der Waals surface area contributed by atoms with Gasteiger partial charge in [-0.15, -0.1) is 0 Å². The van der Waals surface area contributed by atoms with Gasteiger partial charge in [0.25, 0.3) is 5.56 Å². The van der Waals surface area contributed by atoms with Gasteiger partial charge < -0.3 is 19.0 Å². The Bertz CT molecular complexity index is 1710. The molecule has 0 aliphatic carbocycles. The van der Waals surface area contributed by atoms with E-state index in [0.717, 1.165) is 11.8 Å². The summed E-state index contributed by atoms with van der Waals surface area (Å²) in [5.41, 5.74) is -0.0848. The minimum atomic E-state index is -0.766. The maximum atomic E-state index is 13.7. The first-order chi connectivity index (χ1) is 17.5. The van der Waals surface area contributed by atoms with Gasteiger partial charge in [0.15, 0.2) is 17.9 Å². The number of ether oxygens (including phenoxy) is 2. The second kappa shape index (κ2) is 9.63. The second-order valence-corrected chi connectivity index (χ2v) is 8.79. The highest BCUT2D eigenvalue weighted by Crippen LogP contribution is 2.37. The van der Waals surface area contributed by atoms with Crippen molar-refractivity contribution in [2.75, 3.05) is 13.7 Å². The summed E-state index contributed by atoms with van der Waals surface area (Å²) in [6.45, 7) is -0.236. The van der Waals surface area contributed by atoms with Crippen LogP contribution in [0.3, 0.4) is 0 Å². The van der Waals surface area contributed by atoms with Crippen LogP contribution in [0, 0.1) is 0 Å². The van der Waals surface area contributed by atoms with Crippen LogP contribution >= 0.6 is 11.8 Å². The molecule has 5 rings (SSSR count). The van der Waals surface area contributed by atoms with Crippen molar-refractivity contribution in [3.8, 4) is 17.2 Å².